The van der Waals surface area contributed by atoms with Gasteiger partial charge in [-0.15, -0.1) is 0 Å². The maximum atomic E-state index is 11.9. The van der Waals surface area contributed by atoms with Gasteiger partial charge in [-0.25, -0.2) is 4.79 Å². The minimum atomic E-state index is -0.470. The van der Waals surface area contributed by atoms with Crippen LogP contribution in [0.5, 0.6) is 0 Å². The lowest BCUT2D eigenvalue weighted by atomic mass is 9.80. The second-order valence-electron chi connectivity index (χ2n) is 7.97. The van der Waals surface area contributed by atoms with Gasteiger partial charge in [0.15, 0.2) is 5.12 Å². The molecule has 0 saturated heterocycles. The molecule has 0 spiro atoms. The normalized spacial score (nSPS) is 23.0. The Hall–Kier alpha value is -0.710. The first-order chi connectivity index (χ1) is 9.97. The Labute approximate surface area is 139 Å². The van der Waals surface area contributed by atoms with Crippen molar-refractivity contribution in [3.63, 3.8) is 0 Å². The fourth-order valence-corrected chi connectivity index (χ4v) is 4.02. The highest BCUT2D eigenvalue weighted by molar-refractivity contribution is 8.14. The molecule has 0 aromatic heterocycles. The zero-order valence-electron chi connectivity index (χ0n) is 14.8. The van der Waals surface area contributed by atoms with E-state index in [4.69, 9.17) is 4.74 Å². The Balaban J connectivity index is 2.39. The van der Waals surface area contributed by atoms with Crippen LogP contribution in [0.25, 0.3) is 0 Å². The number of hydrogen-bond acceptors (Lipinski definition) is 4. The third-order valence-electron chi connectivity index (χ3n) is 3.76. The van der Waals surface area contributed by atoms with Gasteiger partial charge in [0.05, 0.1) is 0 Å². The molecule has 1 N–H and O–H groups in total. The van der Waals surface area contributed by atoms with Gasteiger partial charge in [-0.05, 0) is 72.6 Å². The quantitative estimate of drug-likeness (QED) is 0.824. The first-order valence-electron chi connectivity index (χ1n) is 8.15. The predicted molar refractivity (Wildman–Crippen MR) is 92.1 cm³/mol. The second-order valence-corrected chi connectivity index (χ2v) is 9.44. The zero-order chi connectivity index (χ0) is 17.0. The van der Waals surface area contributed by atoms with E-state index in [0.717, 1.165) is 32.1 Å². The lowest BCUT2D eigenvalue weighted by molar-refractivity contribution is -0.109. The number of hydrogen-bond donors (Lipinski definition) is 1. The molecular weight excluding hydrogens is 298 g/mol. The van der Waals surface area contributed by atoms with E-state index < -0.39 is 5.60 Å². The van der Waals surface area contributed by atoms with Gasteiger partial charge in [-0.2, -0.15) is 0 Å². The molecule has 1 rings (SSSR count). The molecule has 128 valence electrons. The molecule has 4 nitrogen and oxygen atoms in total. The van der Waals surface area contributed by atoms with Gasteiger partial charge in [0.1, 0.15) is 5.60 Å². The summed E-state index contributed by atoms with van der Waals surface area (Å²) in [6.07, 6.45) is 5.05. The van der Waals surface area contributed by atoms with E-state index in [1.165, 1.54) is 11.8 Å². The summed E-state index contributed by atoms with van der Waals surface area (Å²) < 4.78 is 5.33. The minimum absolute atomic E-state index is 0.218. The van der Waals surface area contributed by atoms with E-state index in [0.29, 0.717) is 11.2 Å². The fourth-order valence-electron chi connectivity index (χ4n) is 3.04. The van der Waals surface area contributed by atoms with Gasteiger partial charge in [-0.1, -0.05) is 11.8 Å². The van der Waals surface area contributed by atoms with Crippen LogP contribution in [0.1, 0.15) is 73.6 Å². The first kappa shape index (κ1) is 19.3. The van der Waals surface area contributed by atoms with Crippen LogP contribution < -0.4 is 5.32 Å². The van der Waals surface area contributed by atoms with E-state index in [9.17, 15) is 9.59 Å². The number of carbonyl (C=O) groups excluding carboxylic acids is 2. The maximum Gasteiger partial charge on any atom is 0.408 e. The van der Waals surface area contributed by atoms with Crippen LogP contribution in [0.4, 0.5) is 4.79 Å². The van der Waals surface area contributed by atoms with E-state index in [1.807, 2.05) is 34.6 Å². The highest BCUT2D eigenvalue weighted by atomic mass is 32.2. The molecule has 1 aliphatic rings. The number of alkyl carbamates (subject to hydrolysis) is 1. The first-order valence-corrected chi connectivity index (χ1v) is 9.03. The molecule has 0 bridgehead atoms. The van der Waals surface area contributed by atoms with Gasteiger partial charge in [-0.3, -0.25) is 4.79 Å². The standard InChI is InChI=1S/C17H31NO3S/c1-12(19)22-14-9-7-13(8-10-14)11-17(5,6)18-15(20)21-16(2,3)4/h13-14H,7-11H2,1-6H3,(H,18,20). The van der Waals surface area contributed by atoms with Gasteiger partial charge in [0.2, 0.25) is 0 Å². The van der Waals surface area contributed by atoms with Gasteiger partial charge in [0, 0.05) is 17.7 Å². The Bertz CT molecular complexity index is 393. The average molecular weight is 330 g/mol. The lowest BCUT2D eigenvalue weighted by Gasteiger charge is -2.35. The molecule has 0 aliphatic heterocycles. The summed E-state index contributed by atoms with van der Waals surface area (Å²) in [5.74, 6) is 0.605. The van der Waals surface area contributed by atoms with Gasteiger partial charge in [0.25, 0.3) is 0 Å². The molecule has 0 heterocycles. The number of ether oxygens (including phenoxy) is 1. The predicted octanol–water partition coefficient (Wildman–Crippen LogP) is 4.52. The van der Waals surface area contributed by atoms with E-state index in [1.54, 1.807) is 6.92 Å². The summed E-state index contributed by atoms with van der Waals surface area (Å²) in [7, 11) is 0. The van der Waals surface area contributed by atoms with Crippen molar-refractivity contribution in [3.05, 3.63) is 0 Å². The van der Waals surface area contributed by atoms with Crippen LogP contribution in [0.15, 0.2) is 0 Å². The molecule has 0 aromatic rings. The molecule has 5 heteroatoms. The average Bonchev–Trinajstić information content (AvgIpc) is 2.26. The Morgan fingerprint density at radius 2 is 1.64 bits per heavy atom. The second kappa shape index (κ2) is 7.71. The maximum absolute atomic E-state index is 11.9. The Morgan fingerprint density at radius 1 is 1.09 bits per heavy atom. The van der Waals surface area contributed by atoms with Crippen molar-refractivity contribution < 1.29 is 14.3 Å². The van der Waals surface area contributed by atoms with Crippen LogP contribution in [-0.4, -0.2) is 27.6 Å². The highest BCUT2D eigenvalue weighted by Crippen LogP contribution is 2.35. The number of amides is 1. The van der Waals surface area contributed by atoms with E-state index >= 15 is 0 Å². The molecule has 1 aliphatic carbocycles. The van der Waals surface area contributed by atoms with Crippen molar-refractivity contribution in [2.75, 3.05) is 0 Å². The Morgan fingerprint density at radius 3 is 2.09 bits per heavy atom. The SMILES string of the molecule is CC(=O)SC1CCC(CC(C)(C)NC(=O)OC(C)(C)C)CC1. The van der Waals surface area contributed by atoms with Crippen molar-refractivity contribution in [1.29, 1.82) is 0 Å². The van der Waals surface area contributed by atoms with Crippen molar-refractivity contribution in [1.82, 2.24) is 5.32 Å². The molecule has 1 fully saturated rings. The molecule has 22 heavy (non-hydrogen) atoms. The highest BCUT2D eigenvalue weighted by Gasteiger charge is 2.30. The number of rotatable bonds is 4. The molecule has 0 radical (unpaired) electrons. The monoisotopic (exact) mass is 329 g/mol. The summed E-state index contributed by atoms with van der Waals surface area (Å²) in [5, 5.41) is 3.68. The molecule has 1 saturated carbocycles. The molecule has 0 aromatic carbocycles. The van der Waals surface area contributed by atoms with Crippen molar-refractivity contribution in [3.8, 4) is 0 Å². The van der Waals surface area contributed by atoms with E-state index in [2.05, 4.69) is 5.32 Å². The Kier molecular flexibility index (Phi) is 6.78. The fraction of sp³-hybridized carbons (Fsp3) is 0.882. The minimum Gasteiger partial charge on any atom is -0.444 e. The largest absolute Gasteiger partial charge is 0.444 e. The van der Waals surface area contributed by atoms with Crippen LogP contribution in [0.2, 0.25) is 0 Å². The van der Waals surface area contributed by atoms with Crippen LogP contribution in [0.3, 0.4) is 0 Å². The number of carbonyl (C=O) groups is 2. The number of thioether (sulfide) groups is 1. The summed E-state index contributed by atoms with van der Waals surface area (Å²) in [6.45, 7) is 11.3. The molecule has 1 amide bonds. The smallest absolute Gasteiger partial charge is 0.408 e. The van der Waals surface area contributed by atoms with Crippen LogP contribution in [0, 0.1) is 5.92 Å². The van der Waals surface area contributed by atoms with E-state index in [-0.39, 0.29) is 16.7 Å². The van der Waals surface area contributed by atoms with Gasteiger partial charge >= 0.3 is 6.09 Å². The molecule has 0 atom stereocenters. The van der Waals surface area contributed by atoms with Gasteiger partial charge < -0.3 is 10.1 Å². The third-order valence-corrected chi connectivity index (χ3v) is 4.90. The summed E-state index contributed by atoms with van der Waals surface area (Å²) in [4.78, 5) is 23.1. The third kappa shape index (κ3) is 8.06. The van der Waals surface area contributed by atoms with Crippen LogP contribution >= 0.6 is 11.8 Å². The van der Waals surface area contributed by atoms with Crippen molar-refractivity contribution in [2.45, 2.75) is 90.0 Å². The summed E-state index contributed by atoms with van der Waals surface area (Å²) in [5.41, 5.74) is -0.740. The zero-order valence-corrected chi connectivity index (χ0v) is 15.6. The van der Waals surface area contributed by atoms with Crippen molar-refractivity contribution in [2.24, 2.45) is 5.92 Å². The summed E-state index contributed by atoms with van der Waals surface area (Å²) >= 11 is 1.48. The van der Waals surface area contributed by atoms with Crippen molar-refractivity contribution >= 4 is 23.0 Å². The lowest BCUT2D eigenvalue weighted by Crippen LogP contribution is -2.47. The molecular formula is C17H31NO3S. The van der Waals surface area contributed by atoms with Crippen LogP contribution in [-0.2, 0) is 9.53 Å². The summed E-state index contributed by atoms with van der Waals surface area (Å²) in [6, 6.07) is 0. The number of nitrogens with one attached hydrogen (secondary N) is 1. The molecule has 0 unspecified atom stereocenters. The topological polar surface area (TPSA) is 55.4 Å².